The van der Waals surface area contributed by atoms with Crippen LogP contribution in [0.2, 0.25) is 0 Å². The van der Waals surface area contributed by atoms with Gasteiger partial charge in [0.2, 0.25) is 10.0 Å². The molecule has 2 heterocycles. The van der Waals surface area contributed by atoms with Crippen LogP contribution in [0.25, 0.3) is 0 Å². The second-order valence-electron chi connectivity index (χ2n) is 4.91. The molecule has 1 fully saturated rings. The number of aliphatic hydroxyl groups excluding tert-OH is 1. The van der Waals surface area contributed by atoms with Gasteiger partial charge in [0.25, 0.3) is 0 Å². The molecule has 20 heavy (non-hydrogen) atoms. The molecule has 0 saturated carbocycles. The SMILES string of the molecule is CCOC1CCCN(S(=O)(=O)c2c(C)csc2CO)C1. The second-order valence-corrected chi connectivity index (χ2v) is 7.75. The first kappa shape index (κ1) is 15.9. The Morgan fingerprint density at radius 3 is 2.95 bits per heavy atom. The molecule has 1 atom stereocenters. The number of sulfonamides is 1. The van der Waals surface area contributed by atoms with Crippen molar-refractivity contribution in [3.8, 4) is 0 Å². The Kier molecular flexibility index (Phi) is 5.19. The van der Waals surface area contributed by atoms with Crippen molar-refractivity contribution in [1.82, 2.24) is 4.31 Å². The molecule has 5 nitrogen and oxygen atoms in total. The van der Waals surface area contributed by atoms with Crippen LogP contribution in [-0.4, -0.2) is 43.6 Å². The van der Waals surface area contributed by atoms with Gasteiger partial charge in [-0.15, -0.1) is 11.3 Å². The number of aryl methyl sites for hydroxylation is 1. The summed E-state index contributed by atoms with van der Waals surface area (Å²) in [6.45, 7) is 4.96. The summed E-state index contributed by atoms with van der Waals surface area (Å²) in [5.74, 6) is 0. The van der Waals surface area contributed by atoms with E-state index in [1.165, 1.54) is 15.6 Å². The molecule has 1 aromatic rings. The lowest BCUT2D eigenvalue weighted by Gasteiger charge is -2.31. The Morgan fingerprint density at radius 2 is 2.30 bits per heavy atom. The number of nitrogens with zero attached hydrogens (tertiary/aromatic N) is 1. The van der Waals surface area contributed by atoms with E-state index in [9.17, 15) is 13.5 Å². The maximum absolute atomic E-state index is 12.8. The minimum atomic E-state index is -3.54. The van der Waals surface area contributed by atoms with Crippen LogP contribution in [0.3, 0.4) is 0 Å². The van der Waals surface area contributed by atoms with Crippen LogP contribution in [0, 0.1) is 6.92 Å². The lowest BCUT2D eigenvalue weighted by molar-refractivity contribution is 0.0265. The fourth-order valence-electron chi connectivity index (χ4n) is 2.57. The number of ether oxygens (including phenoxy) is 1. The van der Waals surface area contributed by atoms with Crippen molar-refractivity contribution in [2.24, 2.45) is 0 Å². The third kappa shape index (κ3) is 3.07. The largest absolute Gasteiger partial charge is 0.391 e. The molecular weight excluding hydrogens is 298 g/mol. The maximum Gasteiger partial charge on any atom is 0.244 e. The highest BCUT2D eigenvalue weighted by molar-refractivity contribution is 7.89. The lowest BCUT2D eigenvalue weighted by Crippen LogP contribution is -2.43. The fourth-order valence-corrected chi connectivity index (χ4v) is 5.69. The lowest BCUT2D eigenvalue weighted by atomic mass is 10.1. The van der Waals surface area contributed by atoms with Gasteiger partial charge in [-0.05, 0) is 37.6 Å². The van der Waals surface area contributed by atoms with E-state index in [1.807, 2.05) is 6.92 Å². The third-order valence-corrected chi connectivity index (χ3v) is 6.79. The number of aliphatic hydroxyl groups is 1. The van der Waals surface area contributed by atoms with Crippen LogP contribution >= 0.6 is 11.3 Å². The third-order valence-electron chi connectivity index (χ3n) is 3.47. The molecule has 1 aliphatic rings. The van der Waals surface area contributed by atoms with Crippen molar-refractivity contribution in [2.45, 2.75) is 44.3 Å². The highest BCUT2D eigenvalue weighted by Gasteiger charge is 2.33. The molecule has 114 valence electrons. The summed E-state index contributed by atoms with van der Waals surface area (Å²) in [7, 11) is -3.54. The van der Waals surface area contributed by atoms with Crippen molar-refractivity contribution in [3.05, 3.63) is 15.8 Å². The summed E-state index contributed by atoms with van der Waals surface area (Å²) in [4.78, 5) is 0.795. The van der Waals surface area contributed by atoms with E-state index in [2.05, 4.69) is 0 Å². The molecular formula is C13H21NO4S2. The van der Waals surface area contributed by atoms with Crippen molar-refractivity contribution >= 4 is 21.4 Å². The minimum Gasteiger partial charge on any atom is -0.391 e. The maximum atomic E-state index is 12.8. The zero-order chi connectivity index (χ0) is 14.8. The van der Waals surface area contributed by atoms with E-state index in [0.29, 0.717) is 30.1 Å². The van der Waals surface area contributed by atoms with Crippen LogP contribution in [0.1, 0.15) is 30.2 Å². The first-order valence-electron chi connectivity index (χ1n) is 6.80. The Bertz CT molecular complexity index is 551. The smallest absolute Gasteiger partial charge is 0.244 e. The summed E-state index contributed by atoms with van der Waals surface area (Å²) < 4.78 is 32.6. The highest BCUT2D eigenvalue weighted by atomic mass is 32.2. The van der Waals surface area contributed by atoms with E-state index in [-0.39, 0.29) is 17.6 Å². The summed E-state index contributed by atoms with van der Waals surface area (Å²) in [6, 6.07) is 0. The molecule has 0 bridgehead atoms. The molecule has 1 N–H and O–H groups in total. The van der Waals surface area contributed by atoms with Gasteiger partial charge in [-0.25, -0.2) is 8.42 Å². The predicted octanol–water partition coefficient (Wildman–Crippen LogP) is 1.74. The van der Waals surface area contributed by atoms with Gasteiger partial charge < -0.3 is 9.84 Å². The molecule has 0 spiro atoms. The topological polar surface area (TPSA) is 66.8 Å². The van der Waals surface area contributed by atoms with Crippen molar-refractivity contribution in [2.75, 3.05) is 19.7 Å². The van der Waals surface area contributed by atoms with Gasteiger partial charge in [0.1, 0.15) is 4.90 Å². The average molecular weight is 319 g/mol. The molecule has 0 amide bonds. The molecule has 2 rings (SSSR count). The molecule has 7 heteroatoms. The van der Waals surface area contributed by atoms with Gasteiger partial charge in [-0.3, -0.25) is 0 Å². The summed E-state index contributed by atoms with van der Waals surface area (Å²) in [5, 5.41) is 11.1. The van der Waals surface area contributed by atoms with Crippen molar-refractivity contribution in [3.63, 3.8) is 0 Å². The average Bonchev–Trinajstić information content (AvgIpc) is 2.81. The Hall–Kier alpha value is -0.470. The van der Waals surface area contributed by atoms with E-state index in [0.717, 1.165) is 12.8 Å². The zero-order valence-corrected chi connectivity index (χ0v) is 13.5. The number of hydrogen-bond acceptors (Lipinski definition) is 5. The van der Waals surface area contributed by atoms with Gasteiger partial charge >= 0.3 is 0 Å². The van der Waals surface area contributed by atoms with Crippen LogP contribution in [0.4, 0.5) is 0 Å². The van der Waals surface area contributed by atoms with Crippen LogP contribution in [0.5, 0.6) is 0 Å². The summed E-state index contributed by atoms with van der Waals surface area (Å²) >= 11 is 1.29. The minimum absolute atomic E-state index is 0.0277. The van der Waals surface area contributed by atoms with E-state index in [4.69, 9.17) is 4.74 Å². The van der Waals surface area contributed by atoms with Gasteiger partial charge in [-0.1, -0.05) is 0 Å². The normalized spacial score (nSPS) is 21.2. The van der Waals surface area contributed by atoms with E-state index in [1.54, 1.807) is 12.3 Å². The van der Waals surface area contributed by atoms with Crippen LogP contribution in [-0.2, 0) is 21.4 Å². The van der Waals surface area contributed by atoms with Crippen molar-refractivity contribution < 1.29 is 18.3 Å². The number of rotatable bonds is 5. The standard InChI is InChI=1S/C13H21NO4S2/c1-3-18-11-5-4-6-14(7-11)20(16,17)13-10(2)9-19-12(13)8-15/h9,11,15H,3-8H2,1-2H3. The molecule has 1 unspecified atom stereocenters. The van der Waals surface area contributed by atoms with Gasteiger partial charge in [0.05, 0.1) is 17.6 Å². The molecule has 0 radical (unpaired) electrons. The van der Waals surface area contributed by atoms with Gasteiger partial charge in [0, 0.05) is 19.7 Å². The predicted molar refractivity (Wildman–Crippen MR) is 78.4 cm³/mol. The van der Waals surface area contributed by atoms with Crippen LogP contribution < -0.4 is 0 Å². The zero-order valence-electron chi connectivity index (χ0n) is 11.8. The van der Waals surface area contributed by atoms with Crippen LogP contribution in [0.15, 0.2) is 10.3 Å². The van der Waals surface area contributed by atoms with E-state index >= 15 is 0 Å². The first-order chi connectivity index (χ1) is 9.50. The molecule has 0 aromatic carbocycles. The number of hydrogen-bond donors (Lipinski definition) is 1. The first-order valence-corrected chi connectivity index (χ1v) is 9.12. The van der Waals surface area contributed by atoms with Crippen molar-refractivity contribution in [1.29, 1.82) is 0 Å². The Labute approximate surface area is 124 Å². The molecule has 0 aliphatic carbocycles. The monoisotopic (exact) mass is 319 g/mol. The fraction of sp³-hybridized carbons (Fsp3) is 0.692. The molecule has 1 saturated heterocycles. The highest BCUT2D eigenvalue weighted by Crippen LogP contribution is 2.31. The number of piperidine rings is 1. The Balaban J connectivity index is 2.27. The van der Waals surface area contributed by atoms with Gasteiger partial charge in [-0.2, -0.15) is 4.31 Å². The van der Waals surface area contributed by atoms with Gasteiger partial charge in [0.15, 0.2) is 0 Å². The number of thiophene rings is 1. The second kappa shape index (κ2) is 6.53. The molecule has 1 aromatic heterocycles. The summed E-state index contributed by atoms with van der Waals surface area (Å²) in [5.41, 5.74) is 0.706. The summed E-state index contributed by atoms with van der Waals surface area (Å²) in [6.07, 6.45) is 1.68. The Morgan fingerprint density at radius 1 is 1.55 bits per heavy atom. The molecule has 1 aliphatic heterocycles. The van der Waals surface area contributed by atoms with E-state index < -0.39 is 10.0 Å². The quantitative estimate of drug-likeness (QED) is 0.898.